The maximum Gasteiger partial charge on any atom is 0.261 e. The summed E-state index contributed by atoms with van der Waals surface area (Å²) in [4.78, 5) is 24.1. The van der Waals surface area contributed by atoms with Gasteiger partial charge in [0.05, 0.1) is 0 Å². The molecule has 3 aromatic carbocycles. The van der Waals surface area contributed by atoms with Gasteiger partial charge in [-0.05, 0) is 47.7 Å². The van der Waals surface area contributed by atoms with Gasteiger partial charge >= 0.3 is 0 Å². The monoisotopic (exact) mass is 375 g/mol. The molecule has 5 heteroatoms. The number of carbonyl (C=O) groups is 1. The molecule has 0 radical (unpaired) electrons. The minimum atomic E-state index is -0.906. The Labute approximate surface area is 162 Å². The van der Waals surface area contributed by atoms with Crippen molar-refractivity contribution in [2.24, 2.45) is 0 Å². The van der Waals surface area contributed by atoms with Crippen LogP contribution in [-0.4, -0.2) is 16.1 Å². The molecule has 1 amide bonds. The lowest BCUT2D eigenvalue weighted by Gasteiger charge is -2.08. The van der Waals surface area contributed by atoms with Crippen molar-refractivity contribution in [1.29, 1.82) is 0 Å². The molecule has 0 unspecified atom stereocenters. The quantitative estimate of drug-likeness (QED) is 0.639. The zero-order valence-electron chi connectivity index (χ0n) is 15.5. The summed E-state index contributed by atoms with van der Waals surface area (Å²) in [7, 11) is 0. The van der Waals surface area contributed by atoms with Crippen molar-refractivity contribution in [3.05, 3.63) is 105 Å². The molecule has 0 saturated carbocycles. The van der Waals surface area contributed by atoms with Gasteiger partial charge in [0.1, 0.15) is 0 Å². The van der Waals surface area contributed by atoms with Crippen LogP contribution in [0.4, 0.5) is 0 Å². The van der Waals surface area contributed by atoms with Gasteiger partial charge in [0, 0.05) is 12.1 Å². The summed E-state index contributed by atoms with van der Waals surface area (Å²) in [5, 5.41) is 22.1. The summed E-state index contributed by atoms with van der Waals surface area (Å²) in [6.45, 7) is 1.89. The van der Waals surface area contributed by atoms with Gasteiger partial charge in [-0.15, -0.1) is 0 Å². The highest BCUT2D eigenvalue weighted by Crippen LogP contribution is 2.16. The van der Waals surface area contributed by atoms with Crippen LogP contribution < -0.4 is 10.7 Å². The van der Waals surface area contributed by atoms with E-state index in [1.54, 1.807) is 6.92 Å². The van der Waals surface area contributed by atoms with E-state index in [-0.39, 0.29) is 5.56 Å². The molecule has 0 aromatic heterocycles. The first kappa shape index (κ1) is 19.2. The van der Waals surface area contributed by atoms with E-state index in [0.29, 0.717) is 12.1 Å². The number of benzene rings is 2. The summed E-state index contributed by atoms with van der Waals surface area (Å²) in [5.41, 5.74) is 2.96. The Bertz CT molecular complexity index is 1040. The van der Waals surface area contributed by atoms with Gasteiger partial charge in [-0.2, -0.15) is 0 Å². The van der Waals surface area contributed by atoms with Crippen molar-refractivity contribution in [3.63, 3.8) is 0 Å². The molecule has 28 heavy (non-hydrogen) atoms. The molecule has 0 aliphatic rings. The van der Waals surface area contributed by atoms with Crippen molar-refractivity contribution in [2.45, 2.75) is 19.9 Å². The number of nitrogens with one attached hydrogen (secondary N) is 1. The van der Waals surface area contributed by atoms with E-state index in [4.69, 9.17) is 0 Å². The molecule has 3 N–H and O–H groups in total. The Morgan fingerprint density at radius 1 is 0.857 bits per heavy atom. The summed E-state index contributed by atoms with van der Waals surface area (Å²) in [6.07, 6.45) is 0.841. The van der Waals surface area contributed by atoms with Crippen molar-refractivity contribution in [3.8, 4) is 11.5 Å². The molecule has 0 aliphatic carbocycles. The number of hydrogen-bond acceptors (Lipinski definition) is 4. The maximum absolute atomic E-state index is 12.5. The van der Waals surface area contributed by atoms with Crippen molar-refractivity contribution >= 4 is 5.91 Å². The highest BCUT2D eigenvalue weighted by atomic mass is 16.3. The van der Waals surface area contributed by atoms with Gasteiger partial charge in [0.2, 0.25) is 0 Å². The van der Waals surface area contributed by atoms with Crippen LogP contribution in [0.3, 0.4) is 0 Å². The molecule has 0 atom stereocenters. The van der Waals surface area contributed by atoms with Crippen LogP contribution in [0.5, 0.6) is 11.5 Å². The lowest BCUT2D eigenvalue weighted by atomic mass is 10.0. The minimum Gasteiger partial charge on any atom is -0.504 e. The topological polar surface area (TPSA) is 86.6 Å². The lowest BCUT2D eigenvalue weighted by molar-refractivity contribution is 0.0950. The number of rotatable bonds is 5. The molecule has 5 nitrogen and oxygen atoms in total. The highest BCUT2D eigenvalue weighted by Gasteiger charge is 2.12. The van der Waals surface area contributed by atoms with Gasteiger partial charge < -0.3 is 15.5 Å². The summed E-state index contributed by atoms with van der Waals surface area (Å²) in [6, 6.07) is 20.4. The number of aryl methyl sites for hydroxylation is 1. The molecule has 0 saturated heterocycles. The van der Waals surface area contributed by atoms with Crippen LogP contribution in [0.1, 0.15) is 32.6 Å². The maximum atomic E-state index is 12.5. The molecule has 0 heterocycles. The third-order valence-corrected chi connectivity index (χ3v) is 4.50. The van der Waals surface area contributed by atoms with E-state index >= 15 is 0 Å². The Balaban J connectivity index is 1.68. The van der Waals surface area contributed by atoms with Crippen LogP contribution >= 0.6 is 0 Å². The van der Waals surface area contributed by atoms with Gasteiger partial charge in [-0.3, -0.25) is 9.59 Å². The molecule has 3 rings (SSSR count). The van der Waals surface area contributed by atoms with Gasteiger partial charge in [-0.25, -0.2) is 0 Å². The van der Waals surface area contributed by atoms with E-state index in [1.807, 2.05) is 42.5 Å². The molecule has 0 aliphatic heterocycles. The first-order valence-electron chi connectivity index (χ1n) is 8.91. The predicted molar refractivity (Wildman–Crippen MR) is 108 cm³/mol. The lowest BCUT2D eigenvalue weighted by Crippen LogP contribution is -2.23. The number of aromatic hydroxyl groups is 2. The summed E-state index contributed by atoms with van der Waals surface area (Å²) < 4.78 is 0. The largest absolute Gasteiger partial charge is 0.504 e. The van der Waals surface area contributed by atoms with E-state index < -0.39 is 22.8 Å². The molecule has 0 fully saturated rings. The average molecular weight is 375 g/mol. The van der Waals surface area contributed by atoms with E-state index in [0.717, 1.165) is 18.1 Å². The first-order chi connectivity index (χ1) is 13.4. The van der Waals surface area contributed by atoms with Crippen molar-refractivity contribution < 1.29 is 15.0 Å². The van der Waals surface area contributed by atoms with Gasteiger partial charge in [0.15, 0.2) is 11.5 Å². The number of amides is 1. The fourth-order valence-corrected chi connectivity index (χ4v) is 2.92. The fraction of sp³-hybridized carbons (Fsp3) is 0.130. The predicted octanol–water partition coefficient (Wildman–Crippen LogP) is 3.29. The zero-order chi connectivity index (χ0) is 20.1. The average Bonchev–Trinajstić information content (AvgIpc) is 2.79. The van der Waals surface area contributed by atoms with E-state index in [2.05, 4.69) is 17.4 Å². The molecular weight excluding hydrogens is 354 g/mol. The van der Waals surface area contributed by atoms with Crippen molar-refractivity contribution in [1.82, 2.24) is 5.32 Å². The number of carbonyl (C=O) groups excluding carboxylic acids is 1. The standard InChI is InChI=1S/C23H21NO4/c1-15-11-20(25)22(27)21(26)13-19(15)23(28)24-14-18-9-7-17(8-10-18)12-16-5-3-2-4-6-16/h2-11,13H,12,14H2,1H3,(H,24,28)(H2,25,26,27). The highest BCUT2D eigenvalue weighted by molar-refractivity contribution is 5.95. The summed E-state index contributed by atoms with van der Waals surface area (Å²) in [5.74, 6) is -1.69. The molecule has 0 bridgehead atoms. The van der Waals surface area contributed by atoms with Crippen LogP contribution in [0.15, 0.2) is 71.5 Å². The second-order valence-electron chi connectivity index (χ2n) is 6.65. The van der Waals surface area contributed by atoms with Gasteiger partial charge in [-0.1, -0.05) is 54.6 Å². The zero-order valence-corrected chi connectivity index (χ0v) is 15.5. The Kier molecular flexibility index (Phi) is 5.75. The second kappa shape index (κ2) is 8.39. The fourth-order valence-electron chi connectivity index (χ4n) is 2.92. The van der Waals surface area contributed by atoms with Crippen LogP contribution in [-0.2, 0) is 13.0 Å². The van der Waals surface area contributed by atoms with E-state index in [9.17, 15) is 19.8 Å². The van der Waals surface area contributed by atoms with Crippen molar-refractivity contribution in [2.75, 3.05) is 0 Å². The third kappa shape index (κ3) is 4.57. The van der Waals surface area contributed by atoms with Crippen LogP contribution in [0.25, 0.3) is 0 Å². The summed E-state index contributed by atoms with van der Waals surface area (Å²) >= 11 is 0. The van der Waals surface area contributed by atoms with Crippen LogP contribution in [0, 0.1) is 6.92 Å². The third-order valence-electron chi connectivity index (χ3n) is 4.50. The second-order valence-corrected chi connectivity index (χ2v) is 6.65. The molecular formula is C23H21NO4. The normalized spacial score (nSPS) is 10.5. The molecule has 0 spiro atoms. The van der Waals surface area contributed by atoms with E-state index in [1.165, 1.54) is 17.2 Å². The number of hydrogen-bond donors (Lipinski definition) is 3. The smallest absolute Gasteiger partial charge is 0.261 e. The Morgan fingerprint density at radius 2 is 1.43 bits per heavy atom. The minimum absolute atomic E-state index is 0.135. The van der Waals surface area contributed by atoms with Gasteiger partial charge in [0.25, 0.3) is 11.3 Å². The Hall–Kier alpha value is -3.60. The molecule has 3 aromatic rings. The first-order valence-corrected chi connectivity index (χ1v) is 8.91. The Morgan fingerprint density at radius 3 is 2.11 bits per heavy atom. The SMILES string of the molecule is Cc1cc(O)c(=O)c(O)cc1C(=O)NCc1ccc(Cc2ccccc2)cc1. The molecule has 142 valence electrons. The van der Waals surface area contributed by atoms with Crippen LogP contribution in [0.2, 0.25) is 0 Å².